The Labute approximate surface area is 260 Å². The van der Waals surface area contributed by atoms with Gasteiger partial charge in [0, 0.05) is 44.2 Å². The predicted molar refractivity (Wildman–Crippen MR) is 187 cm³/mol. The second kappa shape index (κ2) is 10.3. The average Bonchev–Trinajstić information content (AvgIpc) is 3.68. The molecular weight excluding hydrogens is 550 g/mol. The Morgan fingerprint density at radius 3 is 1.58 bits per heavy atom. The summed E-state index contributed by atoms with van der Waals surface area (Å²) in [6, 6.07) is 57.2. The van der Waals surface area contributed by atoms with Crippen molar-refractivity contribution in [3.05, 3.63) is 164 Å². The van der Waals surface area contributed by atoms with Crippen LogP contribution in [0.2, 0.25) is 0 Å². The maximum absolute atomic E-state index is 6.33. The van der Waals surface area contributed by atoms with Crippen molar-refractivity contribution >= 4 is 60.9 Å². The highest BCUT2D eigenvalue weighted by Gasteiger charge is 2.16. The minimum atomic E-state index is 0.905. The van der Waals surface area contributed by atoms with Crippen molar-refractivity contribution < 1.29 is 8.83 Å². The Morgan fingerprint density at radius 2 is 0.844 bits per heavy atom. The molecule has 0 atom stereocenters. The van der Waals surface area contributed by atoms with Gasteiger partial charge in [0.2, 0.25) is 0 Å². The maximum atomic E-state index is 6.33. The lowest BCUT2D eigenvalue weighted by molar-refractivity contribution is 0.669. The van der Waals surface area contributed by atoms with Crippen LogP contribution in [0.1, 0.15) is 0 Å². The molecule has 0 bridgehead atoms. The second-order valence-electron chi connectivity index (χ2n) is 11.3. The molecule has 0 aliphatic rings. The van der Waals surface area contributed by atoms with E-state index in [9.17, 15) is 0 Å². The molecule has 9 rings (SSSR count). The van der Waals surface area contributed by atoms with E-state index in [1.54, 1.807) is 0 Å². The summed E-state index contributed by atoms with van der Waals surface area (Å²) in [4.78, 5) is 2.29. The Morgan fingerprint density at radius 1 is 0.333 bits per heavy atom. The van der Waals surface area contributed by atoms with E-state index < -0.39 is 0 Å². The van der Waals surface area contributed by atoms with Crippen molar-refractivity contribution in [1.29, 1.82) is 0 Å². The van der Waals surface area contributed by atoms with Gasteiger partial charge in [-0.3, -0.25) is 0 Å². The second-order valence-corrected chi connectivity index (χ2v) is 11.3. The quantitative estimate of drug-likeness (QED) is 0.204. The Bertz CT molecular complexity index is 2470. The number of furan rings is 2. The number of anilines is 3. The summed E-state index contributed by atoms with van der Waals surface area (Å²) in [6.45, 7) is 0. The number of hydrogen-bond acceptors (Lipinski definition) is 3. The summed E-state index contributed by atoms with van der Waals surface area (Å²) in [5, 5.41) is 4.56. The summed E-state index contributed by atoms with van der Waals surface area (Å²) in [6.07, 6.45) is 0. The first-order valence-corrected chi connectivity index (χ1v) is 15.2. The van der Waals surface area contributed by atoms with Crippen LogP contribution in [0.25, 0.3) is 66.1 Å². The van der Waals surface area contributed by atoms with Gasteiger partial charge in [0.1, 0.15) is 22.3 Å². The molecule has 0 spiro atoms. The van der Waals surface area contributed by atoms with E-state index in [-0.39, 0.29) is 0 Å². The van der Waals surface area contributed by atoms with Gasteiger partial charge >= 0.3 is 0 Å². The zero-order chi connectivity index (χ0) is 29.7. The summed E-state index contributed by atoms with van der Waals surface area (Å²) in [7, 11) is 0. The van der Waals surface area contributed by atoms with Crippen LogP contribution in [0.4, 0.5) is 17.1 Å². The molecule has 212 valence electrons. The van der Waals surface area contributed by atoms with E-state index >= 15 is 0 Å². The molecule has 0 saturated heterocycles. The van der Waals surface area contributed by atoms with Gasteiger partial charge in [-0.25, -0.2) is 0 Å². The number of rotatable bonds is 5. The zero-order valence-electron chi connectivity index (χ0n) is 24.4. The molecule has 0 fully saturated rings. The van der Waals surface area contributed by atoms with Gasteiger partial charge in [0.05, 0.1) is 0 Å². The first-order valence-electron chi connectivity index (χ1n) is 15.2. The summed E-state index contributed by atoms with van der Waals surface area (Å²) >= 11 is 0. The largest absolute Gasteiger partial charge is 0.456 e. The van der Waals surface area contributed by atoms with Crippen LogP contribution >= 0.6 is 0 Å². The third-order valence-corrected chi connectivity index (χ3v) is 8.69. The van der Waals surface area contributed by atoms with Crippen LogP contribution in [0.3, 0.4) is 0 Å². The average molecular weight is 578 g/mol. The first-order chi connectivity index (χ1) is 22.3. The fraction of sp³-hybridized carbons (Fsp3) is 0. The Balaban J connectivity index is 1.12. The summed E-state index contributed by atoms with van der Waals surface area (Å²) in [5.74, 6) is 0. The molecule has 7 aromatic carbocycles. The van der Waals surface area contributed by atoms with Crippen molar-refractivity contribution in [1.82, 2.24) is 0 Å². The molecule has 2 heterocycles. The zero-order valence-corrected chi connectivity index (χ0v) is 24.4. The molecule has 2 aromatic heterocycles. The predicted octanol–water partition coefficient (Wildman–Crippen LogP) is 12.3. The Hall–Kier alpha value is -6.06. The fourth-order valence-corrected chi connectivity index (χ4v) is 6.59. The van der Waals surface area contributed by atoms with Crippen molar-refractivity contribution in [3.63, 3.8) is 0 Å². The van der Waals surface area contributed by atoms with E-state index in [1.165, 1.54) is 5.56 Å². The molecule has 45 heavy (non-hydrogen) atoms. The number of para-hydroxylation sites is 4. The van der Waals surface area contributed by atoms with E-state index in [1.807, 2.05) is 30.3 Å². The molecule has 0 aliphatic carbocycles. The van der Waals surface area contributed by atoms with Gasteiger partial charge in [0.15, 0.2) is 0 Å². The van der Waals surface area contributed by atoms with Crippen LogP contribution in [0, 0.1) is 0 Å². The van der Waals surface area contributed by atoms with E-state index in [2.05, 4.69) is 138 Å². The van der Waals surface area contributed by atoms with Crippen molar-refractivity contribution in [2.24, 2.45) is 0 Å². The van der Waals surface area contributed by atoms with Crippen LogP contribution in [0.15, 0.2) is 173 Å². The van der Waals surface area contributed by atoms with Crippen LogP contribution in [0.5, 0.6) is 0 Å². The van der Waals surface area contributed by atoms with Crippen molar-refractivity contribution in [2.45, 2.75) is 0 Å². The lowest BCUT2D eigenvalue weighted by Crippen LogP contribution is -2.09. The third kappa shape index (κ3) is 4.21. The fourth-order valence-electron chi connectivity index (χ4n) is 6.59. The van der Waals surface area contributed by atoms with Gasteiger partial charge in [-0.05, 0) is 71.3 Å². The number of benzene rings is 7. The molecule has 0 radical (unpaired) electrons. The molecule has 0 saturated carbocycles. The standard InChI is InChI=1S/C42H27NO2/c1-2-10-30(11-3-1)43(31-24-20-28(21-25-31)33-14-9-19-40-41(33)37-13-5-7-18-39(37)44-40)32-26-22-29(23-27-32)34-15-8-16-36-35-12-4-6-17-38(35)45-42(34)36/h1-27H. The lowest BCUT2D eigenvalue weighted by Gasteiger charge is -2.26. The van der Waals surface area contributed by atoms with Crippen LogP contribution in [-0.4, -0.2) is 0 Å². The van der Waals surface area contributed by atoms with Gasteiger partial charge in [0.25, 0.3) is 0 Å². The SMILES string of the molecule is c1ccc(N(c2ccc(-c3cccc4c3oc3ccccc34)cc2)c2ccc(-c3cccc4oc5ccccc5c34)cc2)cc1. The summed E-state index contributed by atoms with van der Waals surface area (Å²) in [5.41, 5.74) is 11.4. The van der Waals surface area contributed by atoms with Crippen LogP contribution in [-0.2, 0) is 0 Å². The van der Waals surface area contributed by atoms with Gasteiger partial charge in [-0.15, -0.1) is 0 Å². The van der Waals surface area contributed by atoms with Gasteiger partial charge in [-0.1, -0.05) is 109 Å². The third-order valence-electron chi connectivity index (χ3n) is 8.69. The topological polar surface area (TPSA) is 29.5 Å². The monoisotopic (exact) mass is 577 g/mol. The van der Waals surface area contributed by atoms with Crippen LogP contribution < -0.4 is 4.90 Å². The minimum Gasteiger partial charge on any atom is -0.456 e. The number of nitrogens with zero attached hydrogens (tertiary/aromatic N) is 1. The van der Waals surface area contributed by atoms with Gasteiger partial charge in [-0.2, -0.15) is 0 Å². The smallest absolute Gasteiger partial charge is 0.143 e. The molecule has 3 heteroatoms. The van der Waals surface area contributed by atoms with Crippen molar-refractivity contribution in [3.8, 4) is 22.3 Å². The lowest BCUT2D eigenvalue weighted by atomic mass is 9.99. The van der Waals surface area contributed by atoms with Gasteiger partial charge < -0.3 is 13.7 Å². The van der Waals surface area contributed by atoms with E-state index in [4.69, 9.17) is 8.83 Å². The molecule has 0 amide bonds. The molecule has 0 aliphatic heterocycles. The molecule has 0 unspecified atom stereocenters. The molecule has 0 N–H and O–H groups in total. The highest BCUT2D eigenvalue weighted by atomic mass is 16.3. The molecule has 9 aromatic rings. The van der Waals surface area contributed by atoms with Crippen molar-refractivity contribution in [2.75, 3.05) is 4.90 Å². The first kappa shape index (κ1) is 25.4. The molecule has 3 nitrogen and oxygen atoms in total. The van der Waals surface area contributed by atoms with E-state index in [0.717, 1.165) is 77.6 Å². The number of fused-ring (bicyclic) bond motifs is 6. The highest BCUT2D eigenvalue weighted by molar-refractivity contribution is 6.12. The highest BCUT2D eigenvalue weighted by Crippen LogP contribution is 2.41. The van der Waals surface area contributed by atoms with E-state index in [0.29, 0.717) is 0 Å². The molecular formula is C42H27NO2. The summed E-state index contributed by atoms with van der Waals surface area (Å²) < 4.78 is 12.5. The number of hydrogen-bond donors (Lipinski definition) is 0. The maximum Gasteiger partial charge on any atom is 0.143 e. The Kier molecular flexibility index (Phi) is 5.82. The normalized spacial score (nSPS) is 11.6. The minimum absolute atomic E-state index is 0.905.